The molecule has 0 saturated carbocycles. The predicted molar refractivity (Wildman–Crippen MR) is 119 cm³/mol. The molecule has 2 heterocycles. The van der Waals surface area contributed by atoms with Crippen LogP contribution in [0.15, 0.2) is 81.4 Å². The maximum absolute atomic E-state index is 13.5. The standard InChI is InChI=1S/C22H17F2N3O3S2/c1-14-5-4-10-27-21(28)11-15(25-22(14)27)13-31-20-7-3-2-6-19(20)26-32(29,30)16-8-9-17(23)18(24)12-16/h2-12,26H,13H2,1H3. The summed E-state index contributed by atoms with van der Waals surface area (Å²) in [6.45, 7) is 1.86. The predicted octanol–water partition coefficient (Wildman–Crippen LogP) is 4.37. The van der Waals surface area contributed by atoms with E-state index in [2.05, 4.69) is 9.71 Å². The molecule has 0 unspecified atom stereocenters. The van der Waals surface area contributed by atoms with E-state index in [-0.39, 0.29) is 11.2 Å². The third kappa shape index (κ3) is 4.51. The molecule has 0 amide bonds. The first-order valence-corrected chi connectivity index (χ1v) is 11.9. The molecule has 0 fully saturated rings. The summed E-state index contributed by atoms with van der Waals surface area (Å²) in [5.74, 6) is -2.06. The summed E-state index contributed by atoms with van der Waals surface area (Å²) < 4.78 is 55.9. The van der Waals surface area contributed by atoms with E-state index in [0.29, 0.717) is 28.1 Å². The zero-order valence-corrected chi connectivity index (χ0v) is 18.4. The molecule has 0 spiro atoms. The van der Waals surface area contributed by atoms with Gasteiger partial charge >= 0.3 is 0 Å². The highest BCUT2D eigenvalue weighted by molar-refractivity contribution is 7.98. The molecule has 0 aliphatic carbocycles. The van der Waals surface area contributed by atoms with Crippen LogP contribution in [-0.4, -0.2) is 17.8 Å². The van der Waals surface area contributed by atoms with Crippen LogP contribution in [0.4, 0.5) is 14.5 Å². The summed E-state index contributed by atoms with van der Waals surface area (Å²) in [5, 5.41) is 0. The Morgan fingerprint density at radius 3 is 2.59 bits per heavy atom. The molecule has 0 aliphatic heterocycles. The van der Waals surface area contributed by atoms with Gasteiger partial charge in [-0.05, 0) is 48.9 Å². The van der Waals surface area contributed by atoms with Crippen LogP contribution >= 0.6 is 11.8 Å². The number of aryl methyl sites for hydroxylation is 1. The molecule has 0 saturated heterocycles. The molecular formula is C22H17F2N3O3S2. The van der Waals surface area contributed by atoms with Crippen molar-refractivity contribution in [2.24, 2.45) is 0 Å². The normalized spacial score (nSPS) is 11.6. The summed E-state index contributed by atoms with van der Waals surface area (Å²) in [5.41, 5.74) is 2.03. The van der Waals surface area contributed by atoms with Crippen molar-refractivity contribution in [3.8, 4) is 0 Å². The van der Waals surface area contributed by atoms with Crippen molar-refractivity contribution in [2.75, 3.05) is 4.72 Å². The van der Waals surface area contributed by atoms with Crippen LogP contribution in [0, 0.1) is 18.6 Å². The highest BCUT2D eigenvalue weighted by Crippen LogP contribution is 2.31. The van der Waals surface area contributed by atoms with Gasteiger partial charge in [0.2, 0.25) is 0 Å². The zero-order chi connectivity index (χ0) is 22.9. The van der Waals surface area contributed by atoms with Gasteiger partial charge in [0.25, 0.3) is 15.6 Å². The molecule has 0 aliphatic rings. The first-order chi connectivity index (χ1) is 15.2. The van der Waals surface area contributed by atoms with E-state index in [1.165, 1.54) is 22.2 Å². The maximum atomic E-state index is 13.5. The van der Waals surface area contributed by atoms with Crippen molar-refractivity contribution >= 4 is 33.1 Å². The van der Waals surface area contributed by atoms with Crippen LogP contribution in [0.25, 0.3) is 5.65 Å². The minimum Gasteiger partial charge on any atom is -0.278 e. The number of nitrogens with one attached hydrogen (secondary N) is 1. The summed E-state index contributed by atoms with van der Waals surface area (Å²) in [6.07, 6.45) is 1.65. The van der Waals surface area contributed by atoms with Crippen LogP contribution in [0.2, 0.25) is 0 Å². The van der Waals surface area contributed by atoms with Crippen LogP contribution in [0.1, 0.15) is 11.3 Å². The lowest BCUT2D eigenvalue weighted by molar-refractivity contribution is 0.504. The lowest BCUT2D eigenvalue weighted by Gasteiger charge is -2.13. The minimum atomic E-state index is -4.14. The van der Waals surface area contributed by atoms with Crippen LogP contribution in [-0.2, 0) is 15.8 Å². The van der Waals surface area contributed by atoms with Crippen LogP contribution in [0.5, 0.6) is 0 Å². The highest BCUT2D eigenvalue weighted by atomic mass is 32.2. The molecule has 164 valence electrons. The molecule has 2 aromatic heterocycles. The largest absolute Gasteiger partial charge is 0.278 e. The van der Waals surface area contributed by atoms with E-state index in [4.69, 9.17) is 0 Å². The monoisotopic (exact) mass is 473 g/mol. The van der Waals surface area contributed by atoms with E-state index in [0.717, 1.165) is 17.7 Å². The highest BCUT2D eigenvalue weighted by Gasteiger charge is 2.18. The Bertz CT molecular complexity index is 1490. The van der Waals surface area contributed by atoms with Gasteiger partial charge in [-0.1, -0.05) is 18.2 Å². The number of benzene rings is 2. The minimum absolute atomic E-state index is 0.207. The fraction of sp³-hybridized carbons (Fsp3) is 0.0909. The summed E-state index contributed by atoms with van der Waals surface area (Å²) >= 11 is 1.29. The first-order valence-electron chi connectivity index (χ1n) is 9.42. The Hall–Kier alpha value is -3.24. The Morgan fingerprint density at radius 2 is 1.81 bits per heavy atom. The van der Waals surface area contributed by atoms with Crippen LogP contribution < -0.4 is 10.3 Å². The number of fused-ring (bicyclic) bond motifs is 1. The third-order valence-electron chi connectivity index (χ3n) is 4.65. The van der Waals surface area contributed by atoms with Gasteiger partial charge in [-0.3, -0.25) is 13.9 Å². The van der Waals surface area contributed by atoms with Gasteiger partial charge in [0.05, 0.1) is 16.3 Å². The molecule has 6 nitrogen and oxygen atoms in total. The molecule has 32 heavy (non-hydrogen) atoms. The van der Waals surface area contributed by atoms with Gasteiger partial charge in [-0.25, -0.2) is 22.2 Å². The van der Waals surface area contributed by atoms with Crippen molar-refractivity contribution in [1.29, 1.82) is 0 Å². The second-order valence-electron chi connectivity index (χ2n) is 6.94. The number of aromatic nitrogens is 2. The Labute approximate surface area is 187 Å². The van der Waals surface area contributed by atoms with Crippen LogP contribution in [0.3, 0.4) is 0 Å². The second-order valence-corrected chi connectivity index (χ2v) is 9.64. The van der Waals surface area contributed by atoms with E-state index >= 15 is 0 Å². The number of hydrogen-bond acceptors (Lipinski definition) is 5. The van der Waals surface area contributed by atoms with E-state index in [1.807, 2.05) is 13.0 Å². The molecule has 4 aromatic rings. The molecule has 10 heteroatoms. The second kappa shape index (κ2) is 8.71. The molecule has 0 atom stereocenters. The molecule has 2 aromatic carbocycles. The zero-order valence-electron chi connectivity index (χ0n) is 16.7. The molecule has 1 N–H and O–H groups in total. The Kier molecular flexibility index (Phi) is 5.98. The summed E-state index contributed by atoms with van der Waals surface area (Å²) in [4.78, 5) is 17.1. The number of sulfonamides is 1. The van der Waals surface area contributed by atoms with Gasteiger partial charge in [-0.15, -0.1) is 11.8 Å². The van der Waals surface area contributed by atoms with E-state index < -0.39 is 26.6 Å². The quantitative estimate of drug-likeness (QED) is 0.421. The summed E-state index contributed by atoms with van der Waals surface area (Å²) in [7, 11) is -4.14. The Balaban J connectivity index is 1.59. The smallest absolute Gasteiger partial charge is 0.262 e. The van der Waals surface area contributed by atoms with E-state index in [1.54, 1.807) is 36.5 Å². The fourth-order valence-corrected chi connectivity index (χ4v) is 5.12. The topological polar surface area (TPSA) is 80.5 Å². The maximum Gasteiger partial charge on any atom is 0.262 e. The first kappa shape index (κ1) is 22.0. The Morgan fingerprint density at radius 1 is 1.03 bits per heavy atom. The lowest BCUT2D eigenvalue weighted by atomic mass is 10.3. The third-order valence-corrected chi connectivity index (χ3v) is 7.12. The van der Waals surface area contributed by atoms with Gasteiger partial charge in [-0.2, -0.15) is 0 Å². The van der Waals surface area contributed by atoms with Gasteiger partial charge in [0.1, 0.15) is 5.65 Å². The van der Waals surface area contributed by atoms with Crippen molar-refractivity contribution in [3.05, 3.63) is 100 Å². The molecule has 4 rings (SSSR count). The molecular weight excluding hydrogens is 456 g/mol. The SMILES string of the molecule is Cc1cccn2c(=O)cc(CSc3ccccc3NS(=O)(=O)c3ccc(F)c(F)c3)nc12. The van der Waals surface area contributed by atoms with E-state index in [9.17, 15) is 22.0 Å². The number of rotatable bonds is 6. The molecule has 0 bridgehead atoms. The fourth-order valence-electron chi connectivity index (χ4n) is 3.06. The van der Waals surface area contributed by atoms with Gasteiger partial charge in [0.15, 0.2) is 11.6 Å². The summed E-state index contributed by atoms with van der Waals surface area (Å²) in [6, 6.07) is 14.1. The number of halogens is 2. The average Bonchev–Trinajstić information content (AvgIpc) is 2.75. The van der Waals surface area contributed by atoms with Crippen molar-refractivity contribution in [1.82, 2.24) is 9.38 Å². The van der Waals surface area contributed by atoms with Gasteiger partial charge in [0, 0.05) is 22.9 Å². The lowest BCUT2D eigenvalue weighted by Crippen LogP contribution is -2.16. The van der Waals surface area contributed by atoms with Crippen molar-refractivity contribution in [2.45, 2.75) is 22.5 Å². The van der Waals surface area contributed by atoms with Crippen molar-refractivity contribution < 1.29 is 17.2 Å². The number of thioether (sulfide) groups is 1. The number of hydrogen-bond donors (Lipinski definition) is 1. The number of pyridine rings is 1. The number of anilines is 1. The average molecular weight is 474 g/mol. The number of para-hydroxylation sites is 1. The number of nitrogens with zero attached hydrogens (tertiary/aromatic N) is 2. The molecule has 0 radical (unpaired) electrons. The van der Waals surface area contributed by atoms with Gasteiger partial charge < -0.3 is 0 Å². The van der Waals surface area contributed by atoms with Crippen molar-refractivity contribution in [3.63, 3.8) is 0 Å².